The van der Waals surface area contributed by atoms with Crippen LogP contribution in [0.1, 0.15) is 22.3 Å². The lowest BCUT2D eigenvalue weighted by Gasteiger charge is -2.17. The van der Waals surface area contributed by atoms with E-state index >= 15 is 0 Å². The molecule has 0 aliphatic rings. The number of nitrogens with one attached hydrogen (secondary N) is 1. The summed E-state index contributed by atoms with van der Waals surface area (Å²) in [5.74, 6) is -0.644. The van der Waals surface area contributed by atoms with Crippen molar-refractivity contribution in [2.24, 2.45) is 0 Å². The van der Waals surface area contributed by atoms with E-state index in [1.165, 1.54) is 18.2 Å². The van der Waals surface area contributed by atoms with Crippen LogP contribution >= 0.6 is 11.6 Å². The van der Waals surface area contributed by atoms with Crippen molar-refractivity contribution in [3.63, 3.8) is 0 Å². The molecule has 0 saturated carbocycles. The first-order valence-corrected chi connectivity index (χ1v) is 11.1. The van der Waals surface area contributed by atoms with Crippen LogP contribution < -0.4 is 5.32 Å². The standard InChI is InChI=1S/C23H22ClNO4S/c1-14-4-10-19(11-5-14)30(28,29)23-16(3)22(15(2)12-20(23)26)25-21(27)13-17-6-8-18(24)9-7-17/h4-12,26H,13H2,1-3H3,(H,25,27). The van der Waals surface area contributed by atoms with Gasteiger partial charge >= 0.3 is 0 Å². The minimum Gasteiger partial charge on any atom is -0.507 e. The normalized spacial score (nSPS) is 11.3. The number of phenols is 1. The van der Waals surface area contributed by atoms with E-state index in [0.29, 0.717) is 16.3 Å². The molecule has 0 bridgehead atoms. The van der Waals surface area contributed by atoms with Gasteiger partial charge in [-0.2, -0.15) is 0 Å². The maximum atomic E-state index is 13.2. The second-order valence-electron chi connectivity index (χ2n) is 7.21. The van der Waals surface area contributed by atoms with E-state index in [1.807, 2.05) is 6.92 Å². The summed E-state index contributed by atoms with van der Waals surface area (Å²) >= 11 is 5.87. The zero-order valence-corrected chi connectivity index (χ0v) is 18.4. The molecule has 3 rings (SSSR count). The predicted molar refractivity (Wildman–Crippen MR) is 118 cm³/mol. The van der Waals surface area contributed by atoms with Crippen molar-refractivity contribution in [1.82, 2.24) is 0 Å². The highest BCUT2D eigenvalue weighted by Crippen LogP contribution is 2.37. The molecule has 0 aliphatic carbocycles. The van der Waals surface area contributed by atoms with Crippen LogP contribution in [0.2, 0.25) is 5.02 Å². The Morgan fingerprint density at radius 1 is 1.00 bits per heavy atom. The molecule has 0 atom stereocenters. The van der Waals surface area contributed by atoms with Gasteiger partial charge in [-0.05, 0) is 67.8 Å². The van der Waals surface area contributed by atoms with Crippen LogP contribution in [0.5, 0.6) is 5.75 Å². The number of amides is 1. The first-order valence-electron chi connectivity index (χ1n) is 9.29. The summed E-state index contributed by atoms with van der Waals surface area (Å²) < 4.78 is 26.3. The van der Waals surface area contributed by atoms with Crippen LogP contribution in [0.4, 0.5) is 5.69 Å². The third-order valence-corrected chi connectivity index (χ3v) is 7.04. The van der Waals surface area contributed by atoms with Gasteiger partial charge in [0.1, 0.15) is 10.6 Å². The van der Waals surface area contributed by atoms with E-state index in [-0.39, 0.29) is 33.4 Å². The highest BCUT2D eigenvalue weighted by atomic mass is 35.5. The second kappa shape index (κ2) is 8.50. The van der Waals surface area contributed by atoms with Gasteiger partial charge < -0.3 is 10.4 Å². The van der Waals surface area contributed by atoms with E-state index < -0.39 is 9.84 Å². The Balaban J connectivity index is 1.98. The Morgan fingerprint density at radius 2 is 1.60 bits per heavy atom. The third kappa shape index (κ3) is 4.50. The van der Waals surface area contributed by atoms with Gasteiger partial charge in [-0.3, -0.25) is 4.79 Å². The first kappa shape index (κ1) is 21.9. The number of sulfone groups is 1. The lowest BCUT2D eigenvalue weighted by atomic mass is 10.1. The number of benzene rings is 3. The summed E-state index contributed by atoms with van der Waals surface area (Å²) in [6.45, 7) is 5.14. The zero-order chi connectivity index (χ0) is 22.1. The van der Waals surface area contributed by atoms with Crippen molar-refractivity contribution in [3.05, 3.63) is 81.9 Å². The van der Waals surface area contributed by atoms with E-state index in [9.17, 15) is 18.3 Å². The Labute approximate surface area is 181 Å². The van der Waals surface area contributed by atoms with E-state index in [1.54, 1.807) is 50.2 Å². The molecule has 7 heteroatoms. The summed E-state index contributed by atoms with van der Waals surface area (Å²) in [7, 11) is -3.97. The number of hydrogen-bond donors (Lipinski definition) is 2. The van der Waals surface area contributed by atoms with Gasteiger partial charge in [0.05, 0.1) is 11.3 Å². The smallest absolute Gasteiger partial charge is 0.228 e. The van der Waals surface area contributed by atoms with Crippen molar-refractivity contribution in [2.75, 3.05) is 5.32 Å². The third-order valence-electron chi connectivity index (χ3n) is 4.84. The Bertz CT molecular complexity index is 1200. The average Bonchev–Trinajstić information content (AvgIpc) is 2.67. The van der Waals surface area contributed by atoms with Gasteiger partial charge in [-0.25, -0.2) is 8.42 Å². The van der Waals surface area contributed by atoms with Gasteiger partial charge in [0.25, 0.3) is 0 Å². The number of aromatic hydroxyl groups is 1. The minimum absolute atomic E-state index is 0.0776. The van der Waals surface area contributed by atoms with Gasteiger partial charge in [0, 0.05) is 10.7 Å². The van der Waals surface area contributed by atoms with E-state index in [0.717, 1.165) is 11.1 Å². The fraction of sp³-hybridized carbons (Fsp3) is 0.174. The summed E-state index contributed by atoms with van der Waals surface area (Å²) in [5, 5.41) is 13.8. The number of anilines is 1. The summed E-state index contributed by atoms with van der Waals surface area (Å²) in [6.07, 6.45) is 0.108. The zero-order valence-electron chi connectivity index (χ0n) is 16.9. The van der Waals surface area contributed by atoms with Crippen molar-refractivity contribution >= 4 is 33.0 Å². The highest BCUT2D eigenvalue weighted by Gasteiger charge is 2.27. The largest absolute Gasteiger partial charge is 0.507 e. The molecule has 0 radical (unpaired) electrons. The molecule has 30 heavy (non-hydrogen) atoms. The van der Waals surface area contributed by atoms with Crippen LogP contribution in [0, 0.1) is 20.8 Å². The molecule has 3 aromatic carbocycles. The fourth-order valence-electron chi connectivity index (χ4n) is 3.28. The second-order valence-corrected chi connectivity index (χ2v) is 9.53. The number of carbonyl (C=O) groups excluding carboxylic acids is 1. The summed E-state index contributed by atoms with van der Waals surface area (Å²) in [4.78, 5) is 12.4. The van der Waals surface area contributed by atoms with Crippen LogP contribution in [-0.2, 0) is 21.1 Å². The van der Waals surface area contributed by atoms with Crippen molar-refractivity contribution in [2.45, 2.75) is 37.0 Å². The number of aryl methyl sites for hydroxylation is 2. The predicted octanol–water partition coefficient (Wildman–Crippen LogP) is 4.98. The molecular weight excluding hydrogens is 422 g/mol. The molecule has 0 spiro atoms. The lowest BCUT2D eigenvalue weighted by Crippen LogP contribution is -2.17. The fourth-order valence-corrected chi connectivity index (χ4v) is 4.98. The van der Waals surface area contributed by atoms with Crippen molar-refractivity contribution in [1.29, 1.82) is 0 Å². The molecule has 5 nitrogen and oxygen atoms in total. The maximum absolute atomic E-state index is 13.2. The number of halogens is 1. The Kier molecular flexibility index (Phi) is 6.19. The van der Waals surface area contributed by atoms with Gasteiger partial charge in [-0.1, -0.05) is 41.4 Å². The maximum Gasteiger partial charge on any atom is 0.228 e. The molecule has 156 valence electrons. The lowest BCUT2D eigenvalue weighted by molar-refractivity contribution is -0.115. The van der Waals surface area contributed by atoms with Gasteiger partial charge in [0.2, 0.25) is 15.7 Å². The highest BCUT2D eigenvalue weighted by molar-refractivity contribution is 7.91. The van der Waals surface area contributed by atoms with E-state index in [2.05, 4.69) is 5.32 Å². The number of rotatable bonds is 5. The van der Waals surface area contributed by atoms with Crippen molar-refractivity contribution in [3.8, 4) is 5.75 Å². The quantitative estimate of drug-likeness (QED) is 0.544. The molecule has 0 fully saturated rings. The monoisotopic (exact) mass is 443 g/mol. The number of phenolic OH excluding ortho intramolecular Hbond substituents is 1. The summed E-state index contributed by atoms with van der Waals surface area (Å²) in [5.41, 5.74) is 2.93. The Morgan fingerprint density at radius 3 is 2.20 bits per heavy atom. The van der Waals surface area contributed by atoms with Gasteiger partial charge in [0.15, 0.2) is 0 Å². The molecule has 0 aromatic heterocycles. The average molecular weight is 444 g/mol. The molecular formula is C23H22ClNO4S. The van der Waals surface area contributed by atoms with Crippen LogP contribution in [0.3, 0.4) is 0 Å². The molecule has 0 aliphatic heterocycles. The molecule has 2 N–H and O–H groups in total. The first-order chi connectivity index (χ1) is 14.1. The van der Waals surface area contributed by atoms with Crippen LogP contribution in [-0.4, -0.2) is 19.4 Å². The Hall–Kier alpha value is -2.83. The van der Waals surface area contributed by atoms with Crippen LogP contribution in [0.25, 0.3) is 0 Å². The molecule has 0 heterocycles. The topological polar surface area (TPSA) is 83.5 Å². The van der Waals surface area contributed by atoms with Crippen LogP contribution in [0.15, 0.2) is 64.4 Å². The SMILES string of the molecule is Cc1ccc(S(=O)(=O)c2c(O)cc(C)c(NC(=O)Cc3ccc(Cl)cc3)c2C)cc1. The van der Waals surface area contributed by atoms with Crippen molar-refractivity contribution < 1.29 is 18.3 Å². The minimum atomic E-state index is -3.97. The number of carbonyl (C=O) groups is 1. The molecule has 1 amide bonds. The molecule has 3 aromatic rings. The molecule has 0 unspecified atom stereocenters. The summed E-state index contributed by atoms with van der Waals surface area (Å²) in [6, 6.07) is 14.7. The van der Waals surface area contributed by atoms with Gasteiger partial charge in [-0.15, -0.1) is 0 Å². The molecule has 0 saturated heterocycles. The number of hydrogen-bond acceptors (Lipinski definition) is 4. The van der Waals surface area contributed by atoms with E-state index in [4.69, 9.17) is 11.6 Å².